The Bertz CT molecular complexity index is 584. The molecule has 1 heterocycles. The molecule has 1 aromatic carbocycles. The third-order valence-electron chi connectivity index (χ3n) is 3.32. The molecule has 1 aromatic heterocycles. The predicted molar refractivity (Wildman–Crippen MR) is 86.9 cm³/mol. The number of hydrogen-bond acceptors (Lipinski definition) is 2. The van der Waals surface area contributed by atoms with Crippen molar-refractivity contribution in [2.45, 2.75) is 32.6 Å². The molecule has 4 heteroatoms. The van der Waals surface area contributed by atoms with Crippen molar-refractivity contribution in [1.82, 2.24) is 4.98 Å². The highest BCUT2D eigenvalue weighted by atomic mass is 35.5. The quantitative estimate of drug-likeness (QED) is 0.693. The van der Waals surface area contributed by atoms with Crippen LogP contribution in [0.1, 0.15) is 31.5 Å². The highest BCUT2D eigenvalue weighted by Crippen LogP contribution is 2.25. The van der Waals surface area contributed by atoms with E-state index in [-0.39, 0.29) is 5.82 Å². The van der Waals surface area contributed by atoms with Crippen molar-refractivity contribution < 1.29 is 4.39 Å². The number of alkyl halides is 1. The first-order chi connectivity index (χ1) is 10.2. The number of rotatable bonds is 6. The molecule has 0 aliphatic carbocycles. The highest BCUT2D eigenvalue weighted by Gasteiger charge is 2.11. The zero-order chi connectivity index (χ0) is 15.2. The summed E-state index contributed by atoms with van der Waals surface area (Å²) in [7, 11) is 0. The van der Waals surface area contributed by atoms with Crippen LogP contribution in [-0.4, -0.2) is 11.5 Å². The summed E-state index contributed by atoms with van der Waals surface area (Å²) < 4.78 is 13.1. The molecule has 112 valence electrons. The fraction of sp³-hybridized carbons (Fsp3) is 0.353. The van der Waals surface area contributed by atoms with E-state index in [1.54, 1.807) is 12.1 Å². The molecule has 0 N–H and O–H groups in total. The lowest BCUT2D eigenvalue weighted by molar-refractivity contribution is 0.627. The molecule has 0 aliphatic heterocycles. The van der Waals surface area contributed by atoms with Crippen LogP contribution in [0, 0.1) is 5.82 Å². The lowest BCUT2D eigenvalue weighted by Crippen LogP contribution is -2.18. The van der Waals surface area contributed by atoms with Crippen LogP contribution in [-0.2, 0) is 12.3 Å². The van der Waals surface area contributed by atoms with Crippen molar-refractivity contribution >= 4 is 23.1 Å². The van der Waals surface area contributed by atoms with Crippen LogP contribution in [0.4, 0.5) is 15.9 Å². The molecular weight excluding hydrogens is 287 g/mol. The van der Waals surface area contributed by atoms with Gasteiger partial charge in [-0.05, 0) is 55.3 Å². The van der Waals surface area contributed by atoms with Gasteiger partial charge in [0.1, 0.15) is 11.6 Å². The van der Waals surface area contributed by atoms with Gasteiger partial charge >= 0.3 is 0 Å². The van der Waals surface area contributed by atoms with Gasteiger partial charge in [0, 0.05) is 23.8 Å². The van der Waals surface area contributed by atoms with Gasteiger partial charge in [0.15, 0.2) is 0 Å². The van der Waals surface area contributed by atoms with Gasteiger partial charge in [-0.1, -0.05) is 13.3 Å². The lowest BCUT2D eigenvalue weighted by atomic mass is 10.1. The van der Waals surface area contributed by atoms with Gasteiger partial charge in [-0.25, -0.2) is 9.37 Å². The Kier molecular flexibility index (Phi) is 5.57. The van der Waals surface area contributed by atoms with Gasteiger partial charge in [-0.15, -0.1) is 11.6 Å². The average molecular weight is 307 g/mol. The summed E-state index contributed by atoms with van der Waals surface area (Å²) in [6.07, 6.45) is 1.97. The van der Waals surface area contributed by atoms with Gasteiger partial charge in [-0.2, -0.15) is 0 Å². The number of benzene rings is 1. The van der Waals surface area contributed by atoms with E-state index in [1.165, 1.54) is 12.1 Å². The molecule has 2 aromatic rings. The standard InChI is InChI=1S/C17H20ClFN2/c1-3-5-15-10-13(12-18)11-17(20-15)21(4-2)16-8-6-14(19)7-9-16/h6-11H,3-5,12H2,1-2H3. The van der Waals surface area contributed by atoms with Crippen molar-refractivity contribution in [2.75, 3.05) is 11.4 Å². The van der Waals surface area contributed by atoms with Gasteiger partial charge in [0.05, 0.1) is 0 Å². The first-order valence-corrected chi connectivity index (χ1v) is 7.80. The van der Waals surface area contributed by atoms with Crippen LogP contribution >= 0.6 is 11.6 Å². The monoisotopic (exact) mass is 306 g/mol. The molecule has 0 bridgehead atoms. The van der Waals surface area contributed by atoms with Crippen LogP contribution in [0.25, 0.3) is 0 Å². The molecule has 21 heavy (non-hydrogen) atoms. The van der Waals surface area contributed by atoms with E-state index in [4.69, 9.17) is 16.6 Å². The average Bonchev–Trinajstić information content (AvgIpc) is 2.50. The molecule has 0 radical (unpaired) electrons. The summed E-state index contributed by atoms with van der Waals surface area (Å²) in [6, 6.07) is 10.5. The second kappa shape index (κ2) is 7.41. The van der Waals surface area contributed by atoms with E-state index < -0.39 is 0 Å². The Morgan fingerprint density at radius 3 is 2.43 bits per heavy atom. The molecule has 0 atom stereocenters. The minimum Gasteiger partial charge on any atom is -0.327 e. The molecule has 0 spiro atoms. The zero-order valence-corrected chi connectivity index (χ0v) is 13.2. The van der Waals surface area contributed by atoms with Crippen molar-refractivity contribution in [2.24, 2.45) is 0 Å². The molecule has 0 saturated heterocycles. The number of aromatic nitrogens is 1. The summed E-state index contributed by atoms with van der Waals surface area (Å²) in [4.78, 5) is 6.78. The first-order valence-electron chi connectivity index (χ1n) is 7.26. The largest absolute Gasteiger partial charge is 0.327 e. The zero-order valence-electron chi connectivity index (χ0n) is 12.4. The van der Waals surface area contributed by atoms with Gasteiger partial charge in [0.25, 0.3) is 0 Å². The predicted octanol–water partition coefficient (Wildman–Crippen LogP) is 5.07. The Balaban J connectivity index is 2.40. The molecule has 0 fully saturated rings. The summed E-state index contributed by atoms with van der Waals surface area (Å²) in [5.74, 6) is 1.10. The molecule has 0 saturated carbocycles. The summed E-state index contributed by atoms with van der Waals surface area (Å²) in [5, 5.41) is 0. The Labute approximate surface area is 130 Å². The van der Waals surface area contributed by atoms with Crippen LogP contribution in [0.3, 0.4) is 0 Å². The SMILES string of the molecule is CCCc1cc(CCl)cc(N(CC)c2ccc(F)cc2)n1. The van der Waals surface area contributed by atoms with E-state index in [0.717, 1.165) is 42.1 Å². The fourth-order valence-corrected chi connectivity index (χ4v) is 2.48. The number of nitrogens with zero attached hydrogens (tertiary/aromatic N) is 2. The number of hydrogen-bond donors (Lipinski definition) is 0. The van der Waals surface area contributed by atoms with E-state index in [2.05, 4.69) is 24.8 Å². The highest BCUT2D eigenvalue weighted by molar-refractivity contribution is 6.17. The topological polar surface area (TPSA) is 16.1 Å². The lowest BCUT2D eigenvalue weighted by Gasteiger charge is -2.23. The maximum absolute atomic E-state index is 13.1. The van der Waals surface area contributed by atoms with Gasteiger partial charge < -0.3 is 4.90 Å². The summed E-state index contributed by atoms with van der Waals surface area (Å²) >= 11 is 5.99. The van der Waals surface area contributed by atoms with E-state index in [0.29, 0.717) is 5.88 Å². The van der Waals surface area contributed by atoms with Crippen molar-refractivity contribution in [1.29, 1.82) is 0 Å². The molecule has 0 amide bonds. The third kappa shape index (κ3) is 3.94. The van der Waals surface area contributed by atoms with Crippen LogP contribution in [0.2, 0.25) is 0 Å². The van der Waals surface area contributed by atoms with Gasteiger partial charge in [-0.3, -0.25) is 0 Å². The van der Waals surface area contributed by atoms with Crippen LogP contribution in [0.5, 0.6) is 0 Å². The second-order valence-corrected chi connectivity index (χ2v) is 5.20. The number of halogens is 2. The van der Waals surface area contributed by atoms with Crippen LogP contribution < -0.4 is 4.90 Å². The Morgan fingerprint density at radius 2 is 1.86 bits per heavy atom. The Morgan fingerprint density at radius 1 is 1.14 bits per heavy atom. The normalized spacial score (nSPS) is 10.7. The van der Waals surface area contributed by atoms with Crippen molar-refractivity contribution in [3.8, 4) is 0 Å². The minimum absolute atomic E-state index is 0.232. The fourth-order valence-electron chi connectivity index (χ4n) is 2.33. The Hall–Kier alpha value is -1.61. The number of aryl methyl sites for hydroxylation is 1. The molecule has 2 nitrogen and oxygen atoms in total. The van der Waals surface area contributed by atoms with E-state index in [1.807, 2.05) is 6.07 Å². The van der Waals surface area contributed by atoms with Crippen LogP contribution in [0.15, 0.2) is 36.4 Å². The van der Waals surface area contributed by atoms with E-state index in [9.17, 15) is 4.39 Å². The van der Waals surface area contributed by atoms with Crippen molar-refractivity contribution in [3.63, 3.8) is 0 Å². The minimum atomic E-state index is -0.232. The third-order valence-corrected chi connectivity index (χ3v) is 3.62. The van der Waals surface area contributed by atoms with Gasteiger partial charge in [0.2, 0.25) is 0 Å². The van der Waals surface area contributed by atoms with Crippen molar-refractivity contribution in [3.05, 3.63) is 53.5 Å². The number of anilines is 2. The number of pyridine rings is 1. The second-order valence-electron chi connectivity index (χ2n) is 4.93. The molecule has 2 rings (SSSR count). The van der Waals surface area contributed by atoms with E-state index >= 15 is 0 Å². The summed E-state index contributed by atoms with van der Waals surface area (Å²) in [5.41, 5.74) is 3.04. The smallest absolute Gasteiger partial charge is 0.133 e. The summed E-state index contributed by atoms with van der Waals surface area (Å²) in [6.45, 7) is 4.94. The maximum atomic E-state index is 13.1. The molecular formula is C17H20ClFN2. The molecule has 0 unspecified atom stereocenters. The molecule has 0 aliphatic rings. The first kappa shape index (κ1) is 15.8. The maximum Gasteiger partial charge on any atom is 0.133 e.